The number of nitrogens with zero attached hydrogens (tertiary/aromatic N) is 2. The summed E-state index contributed by atoms with van der Waals surface area (Å²) in [6.07, 6.45) is 6.63. The Hall–Kier alpha value is -0.350. The van der Waals surface area contributed by atoms with Crippen molar-refractivity contribution in [2.45, 2.75) is 58.6 Å². The van der Waals surface area contributed by atoms with E-state index >= 15 is 0 Å². The van der Waals surface area contributed by atoms with Crippen LogP contribution in [0.25, 0.3) is 0 Å². The van der Waals surface area contributed by atoms with Gasteiger partial charge in [-0.1, -0.05) is 13.8 Å². The van der Waals surface area contributed by atoms with Crippen LogP contribution in [0.15, 0.2) is 10.7 Å². The van der Waals surface area contributed by atoms with Crippen LogP contribution in [0.2, 0.25) is 0 Å². The Kier molecular flexibility index (Phi) is 3.88. The van der Waals surface area contributed by atoms with E-state index < -0.39 is 0 Å². The summed E-state index contributed by atoms with van der Waals surface area (Å²) in [6.45, 7) is 7.62. The normalized spacial score (nSPS) is 27.4. The van der Waals surface area contributed by atoms with Gasteiger partial charge in [-0.2, -0.15) is 5.10 Å². The zero-order valence-electron chi connectivity index (χ0n) is 11.8. The highest BCUT2D eigenvalue weighted by molar-refractivity contribution is 9.10. The van der Waals surface area contributed by atoms with Gasteiger partial charge < -0.3 is 4.74 Å². The molecule has 18 heavy (non-hydrogen) atoms. The number of ether oxygens (including phenoxy) is 1. The van der Waals surface area contributed by atoms with Crippen molar-refractivity contribution < 1.29 is 4.74 Å². The van der Waals surface area contributed by atoms with Crippen LogP contribution in [0.3, 0.4) is 0 Å². The Morgan fingerprint density at radius 3 is 2.67 bits per heavy atom. The number of rotatable bonds is 3. The first-order valence-corrected chi connectivity index (χ1v) is 7.40. The van der Waals surface area contributed by atoms with Gasteiger partial charge in [0.25, 0.3) is 0 Å². The average Bonchev–Trinajstić information content (AvgIpc) is 2.60. The Morgan fingerprint density at radius 1 is 1.44 bits per heavy atom. The zero-order valence-corrected chi connectivity index (χ0v) is 13.4. The minimum Gasteiger partial charge on any atom is -0.376 e. The second-order valence-corrected chi connectivity index (χ2v) is 7.17. The molecule has 3 nitrogen and oxygen atoms in total. The van der Waals surface area contributed by atoms with Gasteiger partial charge in [0.05, 0.1) is 22.8 Å². The zero-order chi connectivity index (χ0) is 13.4. The Bertz CT molecular complexity index is 427. The van der Waals surface area contributed by atoms with E-state index in [1.165, 1.54) is 18.5 Å². The van der Waals surface area contributed by atoms with Gasteiger partial charge in [0.1, 0.15) is 0 Å². The maximum Gasteiger partial charge on any atom is 0.0878 e. The van der Waals surface area contributed by atoms with E-state index in [-0.39, 0.29) is 5.60 Å². The van der Waals surface area contributed by atoms with Crippen LogP contribution in [-0.4, -0.2) is 22.5 Å². The molecule has 0 radical (unpaired) electrons. The second kappa shape index (κ2) is 4.97. The second-order valence-electron chi connectivity index (χ2n) is 6.32. The van der Waals surface area contributed by atoms with Gasteiger partial charge in [0, 0.05) is 12.8 Å². The fraction of sp³-hybridized carbons (Fsp3) is 0.786. The van der Waals surface area contributed by atoms with Crippen molar-refractivity contribution in [2.75, 3.05) is 7.11 Å². The maximum absolute atomic E-state index is 5.91. The van der Waals surface area contributed by atoms with Crippen LogP contribution in [0.4, 0.5) is 0 Å². The topological polar surface area (TPSA) is 27.1 Å². The van der Waals surface area contributed by atoms with Crippen LogP contribution >= 0.6 is 15.9 Å². The molecule has 0 spiro atoms. The van der Waals surface area contributed by atoms with Crippen LogP contribution < -0.4 is 0 Å². The maximum atomic E-state index is 5.91. The van der Waals surface area contributed by atoms with Gasteiger partial charge in [0.2, 0.25) is 0 Å². The van der Waals surface area contributed by atoms with E-state index in [9.17, 15) is 0 Å². The summed E-state index contributed by atoms with van der Waals surface area (Å²) in [6, 6.07) is 0. The van der Waals surface area contributed by atoms with Crippen molar-refractivity contribution in [1.29, 1.82) is 0 Å². The summed E-state index contributed by atoms with van der Waals surface area (Å²) in [5.41, 5.74) is 1.49. The lowest BCUT2D eigenvalue weighted by Crippen LogP contribution is -2.44. The highest BCUT2D eigenvalue weighted by atomic mass is 79.9. The van der Waals surface area contributed by atoms with E-state index in [0.717, 1.165) is 23.9 Å². The quantitative estimate of drug-likeness (QED) is 0.845. The fourth-order valence-corrected chi connectivity index (χ4v) is 3.46. The first-order valence-electron chi connectivity index (χ1n) is 6.61. The van der Waals surface area contributed by atoms with Crippen molar-refractivity contribution in [3.8, 4) is 0 Å². The third kappa shape index (κ3) is 2.80. The summed E-state index contributed by atoms with van der Waals surface area (Å²) in [7, 11) is 1.84. The van der Waals surface area contributed by atoms with E-state index in [0.29, 0.717) is 5.41 Å². The smallest absolute Gasteiger partial charge is 0.0878 e. The van der Waals surface area contributed by atoms with Crippen LogP contribution in [-0.2, 0) is 11.3 Å². The lowest BCUT2D eigenvalue weighted by molar-refractivity contribution is -0.0855. The van der Waals surface area contributed by atoms with Crippen LogP contribution in [0.1, 0.15) is 45.2 Å². The van der Waals surface area contributed by atoms with Crippen molar-refractivity contribution in [1.82, 2.24) is 9.78 Å². The SMILES string of the molecule is COC1(Cn2ncc(Br)c2C)CCCC(C)(C)C1. The highest BCUT2D eigenvalue weighted by Gasteiger charge is 2.40. The number of halogens is 1. The molecule has 4 heteroatoms. The molecule has 1 aliphatic rings. The third-order valence-corrected chi connectivity index (χ3v) is 4.98. The highest BCUT2D eigenvalue weighted by Crippen LogP contribution is 2.43. The number of methoxy groups -OCH3 is 1. The Morgan fingerprint density at radius 2 is 2.17 bits per heavy atom. The molecule has 0 N–H and O–H groups in total. The Balaban J connectivity index is 2.20. The van der Waals surface area contributed by atoms with Gasteiger partial charge in [-0.3, -0.25) is 4.68 Å². The van der Waals surface area contributed by atoms with Crippen molar-refractivity contribution in [3.05, 3.63) is 16.4 Å². The molecule has 1 heterocycles. The molecule has 0 saturated heterocycles. The van der Waals surface area contributed by atoms with Crippen molar-refractivity contribution in [3.63, 3.8) is 0 Å². The molecule has 1 atom stereocenters. The van der Waals surface area contributed by atoms with E-state index in [4.69, 9.17) is 4.74 Å². The summed E-state index contributed by atoms with van der Waals surface area (Å²) < 4.78 is 9.04. The molecule has 2 rings (SSSR count). The molecule has 0 amide bonds. The standard InChI is InChI=1S/C14H23BrN2O/c1-11-12(15)8-16-17(11)10-14(18-4)7-5-6-13(2,3)9-14/h8H,5-7,9-10H2,1-4H3. The van der Waals surface area contributed by atoms with Gasteiger partial charge in [-0.15, -0.1) is 0 Å². The van der Waals surface area contributed by atoms with E-state index in [1.807, 2.05) is 13.3 Å². The molecule has 0 aliphatic heterocycles. The first-order chi connectivity index (χ1) is 8.37. The predicted octanol–water partition coefficient (Wildman–Crippen LogP) is 3.94. The third-order valence-electron chi connectivity index (χ3n) is 4.20. The largest absolute Gasteiger partial charge is 0.376 e. The molecule has 1 aliphatic carbocycles. The lowest BCUT2D eigenvalue weighted by Gasteiger charge is -2.44. The van der Waals surface area contributed by atoms with Gasteiger partial charge in [0.15, 0.2) is 0 Å². The molecule has 1 fully saturated rings. The first kappa shape index (κ1) is 14.1. The lowest BCUT2D eigenvalue weighted by atomic mass is 9.69. The molecule has 0 aromatic carbocycles. The van der Waals surface area contributed by atoms with Gasteiger partial charge in [-0.25, -0.2) is 0 Å². The molecule has 1 aromatic rings. The summed E-state index contributed by atoms with van der Waals surface area (Å²) in [5.74, 6) is 0. The fourth-order valence-electron chi connectivity index (χ4n) is 3.17. The number of hydrogen-bond donors (Lipinski definition) is 0. The molecule has 0 bridgehead atoms. The molecular formula is C14H23BrN2O. The summed E-state index contributed by atoms with van der Waals surface area (Å²) >= 11 is 3.52. The number of aromatic nitrogens is 2. The predicted molar refractivity (Wildman–Crippen MR) is 76.7 cm³/mol. The van der Waals surface area contributed by atoms with Gasteiger partial charge >= 0.3 is 0 Å². The molecule has 1 saturated carbocycles. The summed E-state index contributed by atoms with van der Waals surface area (Å²) in [5, 5.41) is 4.44. The van der Waals surface area contributed by atoms with Gasteiger partial charge in [-0.05, 0) is 54.0 Å². The molecule has 1 unspecified atom stereocenters. The van der Waals surface area contributed by atoms with Crippen LogP contribution in [0.5, 0.6) is 0 Å². The minimum atomic E-state index is -0.0576. The molecule has 102 valence electrons. The van der Waals surface area contributed by atoms with Crippen molar-refractivity contribution in [2.24, 2.45) is 5.41 Å². The monoisotopic (exact) mass is 314 g/mol. The average molecular weight is 315 g/mol. The Labute approximate surface area is 118 Å². The van der Waals surface area contributed by atoms with Crippen molar-refractivity contribution >= 4 is 15.9 Å². The molecule has 1 aromatic heterocycles. The van der Waals surface area contributed by atoms with E-state index in [1.54, 1.807) is 0 Å². The summed E-state index contributed by atoms with van der Waals surface area (Å²) in [4.78, 5) is 0. The molecular weight excluding hydrogens is 292 g/mol. The number of hydrogen-bond acceptors (Lipinski definition) is 2. The minimum absolute atomic E-state index is 0.0576. The van der Waals surface area contributed by atoms with E-state index in [2.05, 4.69) is 46.5 Å². The van der Waals surface area contributed by atoms with Crippen LogP contribution in [0, 0.1) is 12.3 Å².